The van der Waals surface area contributed by atoms with Gasteiger partial charge in [0.2, 0.25) is 0 Å². The van der Waals surface area contributed by atoms with Gasteiger partial charge in [-0.1, -0.05) is 24.3 Å². The molecule has 1 aromatic carbocycles. The summed E-state index contributed by atoms with van der Waals surface area (Å²) >= 11 is 0. The lowest BCUT2D eigenvalue weighted by Crippen LogP contribution is -2.50. The number of amides is 1. The molecule has 0 aromatic heterocycles. The first-order chi connectivity index (χ1) is 9.25. The van der Waals surface area contributed by atoms with Gasteiger partial charge in [-0.25, -0.2) is 0 Å². The molecule has 1 aliphatic heterocycles. The first-order valence-corrected chi connectivity index (χ1v) is 6.87. The average Bonchev–Trinajstić information content (AvgIpc) is 2.57. The summed E-state index contributed by atoms with van der Waals surface area (Å²) < 4.78 is 5.76. The molecule has 2 rings (SSSR count). The van der Waals surface area contributed by atoms with Crippen molar-refractivity contribution in [1.29, 1.82) is 0 Å². The molecular weight excluding hydrogens is 254 g/mol. The first-order valence-electron chi connectivity index (χ1n) is 6.87. The van der Waals surface area contributed by atoms with Gasteiger partial charge in [-0.05, 0) is 40.2 Å². The SMILES string of the molecule is Cc1ccccc1C(=O)C(=O)N1C(C)C(C)OC1(C)C. The molecule has 0 spiro atoms. The van der Waals surface area contributed by atoms with Crippen molar-refractivity contribution in [3.8, 4) is 0 Å². The molecular formula is C16H21NO3. The molecule has 0 radical (unpaired) electrons. The highest BCUT2D eigenvalue weighted by Crippen LogP contribution is 2.32. The van der Waals surface area contributed by atoms with E-state index < -0.39 is 17.4 Å². The zero-order valence-corrected chi connectivity index (χ0v) is 12.6. The third kappa shape index (κ3) is 2.36. The minimum absolute atomic E-state index is 0.0846. The lowest BCUT2D eigenvalue weighted by molar-refractivity contribution is -0.141. The van der Waals surface area contributed by atoms with Crippen molar-refractivity contribution in [2.75, 3.05) is 0 Å². The maximum atomic E-state index is 12.6. The number of ketones is 1. The second-order valence-corrected chi connectivity index (χ2v) is 5.83. The summed E-state index contributed by atoms with van der Waals surface area (Å²) in [7, 11) is 0. The van der Waals surface area contributed by atoms with Crippen LogP contribution in [0.3, 0.4) is 0 Å². The molecule has 1 amide bonds. The summed E-state index contributed by atoms with van der Waals surface area (Å²) in [6, 6.07) is 7.02. The van der Waals surface area contributed by atoms with E-state index in [-0.39, 0.29) is 12.1 Å². The van der Waals surface area contributed by atoms with Gasteiger partial charge >= 0.3 is 0 Å². The predicted molar refractivity (Wildman–Crippen MR) is 76.4 cm³/mol. The third-order valence-corrected chi connectivity index (χ3v) is 3.94. The number of rotatable bonds is 2. The Hall–Kier alpha value is -1.68. The van der Waals surface area contributed by atoms with Crippen LogP contribution in [0.15, 0.2) is 24.3 Å². The zero-order chi connectivity index (χ0) is 15.1. The number of aryl methyl sites for hydroxylation is 1. The number of hydrogen-bond donors (Lipinski definition) is 0. The van der Waals surface area contributed by atoms with Crippen LogP contribution >= 0.6 is 0 Å². The van der Waals surface area contributed by atoms with E-state index in [2.05, 4.69) is 0 Å². The highest BCUT2D eigenvalue weighted by molar-refractivity contribution is 6.43. The van der Waals surface area contributed by atoms with Gasteiger partial charge in [-0.2, -0.15) is 0 Å². The largest absolute Gasteiger partial charge is 0.351 e. The maximum absolute atomic E-state index is 12.6. The molecule has 4 nitrogen and oxygen atoms in total. The van der Waals surface area contributed by atoms with E-state index in [1.807, 2.05) is 46.8 Å². The van der Waals surface area contributed by atoms with E-state index in [1.54, 1.807) is 17.0 Å². The predicted octanol–water partition coefficient (Wildman–Crippen LogP) is 2.55. The standard InChI is InChI=1S/C16H21NO3/c1-10-8-6-7-9-13(10)14(18)15(19)17-11(2)12(3)20-16(17,4)5/h6-9,11-12H,1-5H3. The van der Waals surface area contributed by atoms with Crippen LogP contribution in [0.2, 0.25) is 0 Å². The fourth-order valence-electron chi connectivity index (χ4n) is 2.79. The van der Waals surface area contributed by atoms with E-state index in [4.69, 9.17) is 4.74 Å². The maximum Gasteiger partial charge on any atom is 0.297 e. The Balaban J connectivity index is 2.32. The van der Waals surface area contributed by atoms with Crippen molar-refractivity contribution >= 4 is 11.7 Å². The van der Waals surface area contributed by atoms with Gasteiger partial charge in [0, 0.05) is 5.56 Å². The Morgan fingerprint density at radius 2 is 1.80 bits per heavy atom. The smallest absolute Gasteiger partial charge is 0.297 e. The van der Waals surface area contributed by atoms with Gasteiger partial charge in [-0.3, -0.25) is 9.59 Å². The number of carbonyl (C=O) groups excluding carboxylic acids is 2. The minimum atomic E-state index is -0.756. The average molecular weight is 275 g/mol. The number of nitrogens with zero attached hydrogens (tertiary/aromatic N) is 1. The fraction of sp³-hybridized carbons (Fsp3) is 0.500. The van der Waals surface area contributed by atoms with Gasteiger partial charge in [0.1, 0.15) is 5.72 Å². The molecule has 2 unspecified atom stereocenters. The van der Waals surface area contributed by atoms with E-state index in [1.165, 1.54) is 0 Å². The van der Waals surface area contributed by atoms with Crippen molar-refractivity contribution in [2.24, 2.45) is 0 Å². The number of hydrogen-bond acceptors (Lipinski definition) is 3. The Morgan fingerprint density at radius 1 is 1.20 bits per heavy atom. The topological polar surface area (TPSA) is 46.6 Å². The molecule has 1 heterocycles. The Morgan fingerprint density at radius 3 is 2.30 bits per heavy atom. The summed E-state index contributed by atoms with van der Waals surface area (Å²) in [5, 5.41) is 0. The summed E-state index contributed by atoms with van der Waals surface area (Å²) in [5.41, 5.74) is 0.512. The van der Waals surface area contributed by atoms with E-state index >= 15 is 0 Å². The highest BCUT2D eigenvalue weighted by atomic mass is 16.5. The molecule has 1 aliphatic rings. The van der Waals surface area contributed by atoms with Gasteiger partial charge in [0.15, 0.2) is 0 Å². The minimum Gasteiger partial charge on any atom is -0.351 e. The normalized spacial score (nSPS) is 24.8. The lowest BCUT2D eigenvalue weighted by atomic mass is 10.0. The zero-order valence-electron chi connectivity index (χ0n) is 12.6. The molecule has 1 fully saturated rings. The van der Waals surface area contributed by atoms with Crippen LogP contribution in [0.4, 0.5) is 0 Å². The molecule has 108 valence electrons. The fourth-order valence-corrected chi connectivity index (χ4v) is 2.79. The Kier molecular flexibility index (Phi) is 3.69. The van der Waals surface area contributed by atoms with Crippen LogP contribution in [0.1, 0.15) is 43.6 Å². The highest BCUT2D eigenvalue weighted by Gasteiger charge is 2.47. The third-order valence-electron chi connectivity index (χ3n) is 3.94. The molecule has 1 saturated heterocycles. The second-order valence-electron chi connectivity index (χ2n) is 5.83. The molecule has 20 heavy (non-hydrogen) atoms. The lowest BCUT2D eigenvalue weighted by Gasteiger charge is -2.31. The monoisotopic (exact) mass is 275 g/mol. The summed E-state index contributed by atoms with van der Waals surface area (Å²) in [4.78, 5) is 26.6. The van der Waals surface area contributed by atoms with Crippen molar-refractivity contribution in [3.63, 3.8) is 0 Å². The summed E-state index contributed by atoms with van der Waals surface area (Å²) in [6.45, 7) is 9.28. The van der Waals surface area contributed by atoms with Crippen LogP contribution in [-0.4, -0.2) is 34.5 Å². The number of ether oxygens (including phenoxy) is 1. The molecule has 4 heteroatoms. The molecule has 1 aromatic rings. The Bertz CT molecular complexity index is 550. The first kappa shape index (κ1) is 14.7. The van der Waals surface area contributed by atoms with Crippen LogP contribution in [-0.2, 0) is 9.53 Å². The van der Waals surface area contributed by atoms with Crippen molar-refractivity contribution in [1.82, 2.24) is 4.90 Å². The Labute approximate surface area is 119 Å². The molecule has 0 saturated carbocycles. The van der Waals surface area contributed by atoms with Gasteiger partial charge in [0.05, 0.1) is 12.1 Å². The van der Waals surface area contributed by atoms with Gasteiger partial charge in [0.25, 0.3) is 11.7 Å². The van der Waals surface area contributed by atoms with Crippen LogP contribution in [0.25, 0.3) is 0 Å². The number of Topliss-reactive ketones (excluding diaryl/α,β-unsaturated/α-hetero) is 1. The molecule has 0 aliphatic carbocycles. The van der Waals surface area contributed by atoms with Crippen molar-refractivity contribution < 1.29 is 14.3 Å². The number of carbonyl (C=O) groups is 2. The van der Waals surface area contributed by atoms with Gasteiger partial charge in [-0.15, -0.1) is 0 Å². The quantitative estimate of drug-likeness (QED) is 0.615. The molecule has 0 N–H and O–H groups in total. The van der Waals surface area contributed by atoms with Crippen LogP contribution in [0, 0.1) is 6.92 Å². The molecule has 0 bridgehead atoms. The summed E-state index contributed by atoms with van der Waals surface area (Å²) in [6.07, 6.45) is -0.0846. The molecule has 2 atom stereocenters. The number of benzene rings is 1. The van der Waals surface area contributed by atoms with E-state index in [0.29, 0.717) is 5.56 Å². The van der Waals surface area contributed by atoms with Crippen molar-refractivity contribution in [3.05, 3.63) is 35.4 Å². The van der Waals surface area contributed by atoms with Crippen LogP contribution < -0.4 is 0 Å². The van der Waals surface area contributed by atoms with Gasteiger partial charge < -0.3 is 9.64 Å². The van der Waals surface area contributed by atoms with E-state index in [9.17, 15) is 9.59 Å². The van der Waals surface area contributed by atoms with Crippen LogP contribution in [0.5, 0.6) is 0 Å². The van der Waals surface area contributed by atoms with E-state index in [0.717, 1.165) is 5.56 Å². The van der Waals surface area contributed by atoms with Crippen molar-refractivity contribution in [2.45, 2.75) is 52.5 Å². The second kappa shape index (κ2) is 5.02. The summed E-state index contributed by atoms with van der Waals surface area (Å²) in [5.74, 6) is -0.970.